The first-order chi connectivity index (χ1) is 11.7. The van der Waals surface area contributed by atoms with E-state index in [1.807, 2.05) is 24.3 Å². The van der Waals surface area contributed by atoms with Crippen LogP contribution in [0, 0.1) is 5.92 Å². The van der Waals surface area contributed by atoms with Gasteiger partial charge < -0.3 is 15.4 Å². The molecule has 0 radical (unpaired) electrons. The smallest absolute Gasteiger partial charge is 0.305 e. The maximum Gasteiger partial charge on any atom is 0.305 e. The maximum atomic E-state index is 12.5. The number of esters is 1. The first-order valence-corrected chi connectivity index (χ1v) is 8.88. The van der Waals surface area contributed by atoms with Crippen molar-refractivity contribution < 1.29 is 14.3 Å². The summed E-state index contributed by atoms with van der Waals surface area (Å²) in [4.78, 5) is 23.6. The number of methoxy groups -OCH3 is 1. The van der Waals surface area contributed by atoms with Crippen LogP contribution in [0.15, 0.2) is 24.3 Å². The number of benzene rings is 1. The molecule has 25 heavy (non-hydrogen) atoms. The van der Waals surface area contributed by atoms with Crippen molar-refractivity contribution in [1.29, 1.82) is 0 Å². The van der Waals surface area contributed by atoms with Crippen LogP contribution in [0.1, 0.15) is 44.1 Å². The lowest BCUT2D eigenvalue weighted by Crippen LogP contribution is -2.39. The Morgan fingerprint density at radius 1 is 1.20 bits per heavy atom. The Labute approximate surface area is 155 Å². The van der Waals surface area contributed by atoms with Gasteiger partial charge in [-0.1, -0.05) is 25.0 Å². The minimum atomic E-state index is -0.207. The highest BCUT2D eigenvalue weighted by atomic mass is 35.5. The molecule has 2 fully saturated rings. The summed E-state index contributed by atoms with van der Waals surface area (Å²) in [6, 6.07) is 8.13. The van der Waals surface area contributed by atoms with E-state index >= 15 is 0 Å². The number of aryl methyl sites for hydroxylation is 1. The SMILES string of the molecule is COC(=O)CCc1ccc(NC(=O)C2CC3CCCCC3N2)cc1.Cl. The van der Waals surface area contributed by atoms with Gasteiger partial charge >= 0.3 is 5.97 Å². The number of carbonyl (C=O) groups is 2. The Morgan fingerprint density at radius 2 is 1.92 bits per heavy atom. The summed E-state index contributed by atoms with van der Waals surface area (Å²) in [5, 5.41) is 6.50. The van der Waals surface area contributed by atoms with Gasteiger partial charge in [0.15, 0.2) is 0 Å². The van der Waals surface area contributed by atoms with Gasteiger partial charge in [-0.15, -0.1) is 12.4 Å². The van der Waals surface area contributed by atoms with E-state index in [0.717, 1.165) is 17.7 Å². The summed E-state index contributed by atoms with van der Waals surface area (Å²) in [6.45, 7) is 0. The van der Waals surface area contributed by atoms with E-state index in [1.54, 1.807) is 0 Å². The van der Waals surface area contributed by atoms with Crippen LogP contribution < -0.4 is 10.6 Å². The number of hydrogen-bond donors (Lipinski definition) is 2. The summed E-state index contributed by atoms with van der Waals surface area (Å²) in [7, 11) is 1.40. The van der Waals surface area contributed by atoms with Crippen molar-refractivity contribution in [3.05, 3.63) is 29.8 Å². The Morgan fingerprint density at radius 3 is 2.60 bits per heavy atom. The minimum absolute atomic E-state index is 0. The van der Waals surface area contributed by atoms with Crippen molar-refractivity contribution in [1.82, 2.24) is 5.32 Å². The van der Waals surface area contributed by atoms with Crippen LogP contribution in [0.3, 0.4) is 0 Å². The summed E-state index contributed by atoms with van der Waals surface area (Å²) >= 11 is 0. The molecule has 138 valence electrons. The van der Waals surface area contributed by atoms with Gasteiger partial charge in [-0.25, -0.2) is 0 Å². The van der Waals surface area contributed by atoms with Crippen molar-refractivity contribution in [2.75, 3.05) is 12.4 Å². The average molecular weight is 367 g/mol. The second-order valence-electron chi connectivity index (χ2n) is 6.87. The number of halogens is 1. The van der Waals surface area contributed by atoms with Gasteiger partial charge in [-0.05, 0) is 49.3 Å². The third-order valence-electron chi connectivity index (χ3n) is 5.25. The number of ether oxygens (including phenoxy) is 1. The Kier molecular flexibility index (Phi) is 7.26. The van der Waals surface area contributed by atoms with E-state index in [-0.39, 0.29) is 30.3 Å². The van der Waals surface area contributed by atoms with Crippen LogP contribution in [-0.2, 0) is 20.7 Å². The van der Waals surface area contributed by atoms with E-state index in [4.69, 9.17) is 0 Å². The topological polar surface area (TPSA) is 67.4 Å². The van der Waals surface area contributed by atoms with Crippen LogP contribution >= 0.6 is 12.4 Å². The quantitative estimate of drug-likeness (QED) is 0.786. The highest BCUT2D eigenvalue weighted by molar-refractivity contribution is 5.95. The van der Waals surface area contributed by atoms with Gasteiger partial charge in [0, 0.05) is 18.2 Å². The third kappa shape index (κ3) is 5.19. The predicted molar refractivity (Wildman–Crippen MR) is 99.9 cm³/mol. The van der Waals surface area contributed by atoms with Gasteiger partial charge in [0.1, 0.15) is 0 Å². The number of anilines is 1. The van der Waals surface area contributed by atoms with Crippen LogP contribution in [0.4, 0.5) is 5.69 Å². The summed E-state index contributed by atoms with van der Waals surface area (Å²) < 4.78 is 4.64. The monoisotopic (exact) mass is 366 g/mol. The Bertz CT molecular complexity index is 577. The first kappa shape index (κ1) is 19.7. The molecule has 1 amide bonds. The fourth-order valence-electron chi connectivity index (χ4n) is 3.85. The zero-order chi connectivity index (χ0) is 16.9. The fourth-order valence-corrected chi connectivity index (χ4v) is 3.85. The lowest BCUT2D eigenvalue weighted by molar-refractivity contribution is -0.140. The summed E-state index contributed by atoms with van der Waals surface area (Å²) in [6.07, 6.45) is 6.98. The molecule has 1 aliphatic carbocycles. The van der Waals surface area contributed by atoms with Gasteiger partial charge in [-0.3, -0.25) is 9.59 Å². The third-order valence-corrected chi connectivity index (χ3v) is 5.25. The molecule has 1 aliphatic heterocycles. The molecule has 1 aromatic rings. The highest BCUT2D eigenvalue weighted by Gasteiger charge is 2.38. The first-order valence-electron chi connectivity index (χ1n) is 8.88. The van der Waals surface area contributed by atoms with Crippen molar-refractivity contribution >= 4 is 30.0 Å². The molecular formula is C19H27ClN2O3. The Balaban J connectivity index is 0.00000225. The molecule has 1 heterocycles. The molecule has 1 saturated carbocycles. The van der Waals surface area contributed by atoms with Crippen LogP contribution in [0.2, 0.25) is 0 Å². The number of fused-ring (bicyclic) bond motifs is 1. The molecule has 2 aliphatic rings. The zero-order valence-electron chi connectivity index (χ0n) is 14.6. The van der Waals surface area contributed by atoms with E-state index in [9.17, 15) is 9.59 Å². The number of amides is 1. The van der Waals surface area contributed by atoms with Crippen LogP contribution in [-0.4, -0.2) is 31.1 Å². The number of carbonyl (C=O) groups excluding carboxylic acids is 2. The Hall–Kier alpha value is -1.59. The highest BCUT2D eigenvalue weighted by Crippen LogP contribution is 2.33. The summed E-state index contributed by atoms with van der Waals surface area (Å²) in [5.41, 5.74) is 1.86. The number of rotatable bonds is 5. The standard InChI is InChI=1S/C19H26N2O3.ClH/c1-24-18(22)11-8-13-6-9-15(10-7-13)20-19(23)17-12-14-4-2-3-5-16(14)21-17;/h6-7,9-10,14,16-17,21H,2-5,8,11-12H2,1H3,(H,20,23);1H. The minimum Gasteiger partial charge on any atom is -0.469 e. The van der Waals surface area contributed by atoms with Gasteiger partial charge in [0.25, 0.3) is 0 Å². The normalized spacial score (nSPS) is 24.8. The lowest BCUT2D eigenvalue weighted by Gasteiger charge is -2.24. The molecule has 2 N–H and O–H groups in total. The van der Waals surface area contributed by atoms with Gasteiger partial charge in [0.2, 0.25) is 5.91 Å². The number of nitrogens with one attached hydrogen (secondary N) is 2. The molecular weight excluding hydrogens is 340 g/mol. The molecule has 3 rings (SSSR count). The fraction of sp³-hybridized carbons (Fsp3) is 0.579. The van der Waals surface area contributed by atoms with E-state index in [1.165, 1.54) is 32.8 Å². The summed E-state index contributed by atoms with van der Waals surface area (Å²) in [5.74, 6) is 0.517. The van der Waals surface area contributed by atoms with Crippen molar-refractivity contribution in [3.63, 3.8) is 0 Å². The number of hydrogen-bond acceptors (Lipinski definition) is 4. The van der Waals surface area contributed by atoms with E-state index in [2.05, 4.69) is 15.4 Å². The van der Waals surface area contributed by atoms with Crippen LogP contribution in [0.5, 0.6) is 0 Å². The molecule has 3 unspecified atom stereocenters. The van der Waals surface area contributed by atoms with Crippen molar-refractivity contribution in [2.45, 2.75) is 57.0 Å². The predicted octanol–water partition coefficient (Wildman–Crippen LogP) is 3.07. The van der Waals surface area contributed by atoms with E-state index < -0.39 is 0 Å². The second kappa shape index (κ2) is 9.20. The molecule has 0 spiro atoms. The van der Waals surface area contributed by atoms with Gasteiger partial charge in [0.05, 0.1) is 13.2 Å². The van der Waals surface area contributed by atoms with Crippen molar-refractivity contribution in [3.8, 4) is 0 Å². The van der Waals surface area contributed by atoms with Crippen LogP contribution in [0.25, 0.3) is 0 Å². The molecule has 1 aromatic carbocycles. The van der Waals surface area contributed by atoms with Crippen molar-refractivity contribution in [2.24, 2.45) is 5.92 Å². The molecule has 1 saturated heterocycles. The molecule has 0 aromatic heterocycles. The molecule has 6 heteroatoms. The van der Waals surface area contributed by atoms with E-state index in [0.29, 0.717) is 24.8 Å². The second-order valence-corrected chi connectivity index (χ2v) is 6.87. The largest absolute Gasteiger partial charge is 0.469 e. The average Bonchev–Trinajstić information content (AvgIpc) is 3.05. The van der Waals surface area contributed by atoms with Gasteiger partial charge in [-0.2, -0.15) is 0 Å². The molecule has 5 nitrogen and oxygen atoms in total. The lowest BCUT2D eigenvalue weighted by atomic mass is 9.85. The zero-order valence-corrected chi connectivity index (χ0v) is 15.4. The molecule has 0 bridgehead atoms. The molecule has 3 atom stereocenters. The maximum absolute atomic E-state index is 12.5.